The maximum atomic E-state index is 12.5. The number of hydrogen-bond donors (Lipinski definition) is 1. The molecular formula is C12H9F3N2O2. The Kier molecular flexibility index (Phi) is 3.28. The summed E-state index contributed by atoms with van der Waals surface area (Å²) in [5.74, 6) is -0.462. The lowest BCUT2D eigenvalue weighted by molar-refractivity contribution is -0.137. The zero-order valence-electron chi connectivity index (χ0n) is 9.78. The number of aromatic nitrogens is 1. The van der Waals surface area contributed by atoms with Gasteiger partial charge in [0.05, 0.1) is 11.8 Å². The maximum Gasteiger partial charge on any atom is 0.416 e. The number of anilines is 1. The molecule has 1 N–H and O–H groups in total. The van der Waals surface area contributed by atoms with Gasteiger partial charge in [-0.2, -0.15) is 13.2 Å². The van der Waals surface area contributed by atoms with Crippen molar-refractivity contribution in [2.45, 2.75) is 13.1 Å². The average Bonchev–Trinajstić information content (AvgIpc) is 2.75. The highest BCUT2D eigenvalue weighted by Crippen LogP contribution is 2.30. The van der Waals surface area contributed by atoms with Gasteiger partial charge in [-0.25, -0.2) is 4.98 Å². The molecule has 19 heavy (non-hydrogen) atoms. The van der Waals surface area contributed by atoms with Gasteiger partial charge >= 0.3 is 12.1 Å². The number of nitrogens with zero attached hydrogens (tertiary/aromatic N) is 1. The fourth-order valence-corrected chi connectivity index (χ4v) is 1.42. The van der Waals surface area contributed by atoms with Crippen molar-refractivity contribution < 1.29 is 22.4 Å². The molecule has 7 heteroatoms. The van der Waals surface area contributed by atoms with E-state index >= 15 is 0 Å². The molecule has 0 aliphatic carbocycles. The Morgan fingerprint density at radius 1 is 1.37 bits per heavy atom. The molecule has 0 saturated carbocycles. The van der Waals surface area contributed by atoms with E-state index in [0.29, 0.717) is 5.76 Å². The van der Waals surface area contributed by atoms with E-state index in [0.717, 1.165) is 12.1 Å². The summed E-state index contributed by atoms with van der Waals surface area (Å²) < 4.78 is 42.4. The van der Waals surface area contributed by atoms with Gasteiger partial charge in [0.15, 0.2) is 0 Å². The van der Waals surface area contributed by atoms with Gasteiger partial charge in [-0.1, -0.05) is 6.07 Å². The van der Waals surface area contributed by atoms with Gasteiger partial charge in [0.1, 0.15) is 5.76 Å². The normalized spacial score (nSPS) is 11.4. The fraction of sp³-hybridized carbons (Fsp3) is 0.167. The van der Waals surface area contributed by atoms with Gasteiger partial charge < -0.3 is 9.73 Å². The van der Waals surface area contributed by atoms with E-state index in [9.17, 15) is 18.0 Å². The summed E-state index contributed by atoms with van der Waals surface area (Å²) in [6, 6.07) is 4.32. The van der Waals surface area contributed by atoms with Crippen LogP contribution in [0.2, 0.25) is 0 Å². The minimum Gasteiger partial charge on any atom is -0.438 e. The van der Waals surface area contributed by atoms with Crippen molar-refractivity contribution in [1.29, 1.82) is 0 Å². The van der Waals surface area contributed by atoms with Crippen LogP contribution in [0.3, 0.4) is 0 Å². The summed E-state index contributed by atoms with van der Waals surface area (Å²) in [5.41, 5.74) is -0.815. The summed E-state index contributed by atoms with van der Waals surface area (Å²) in [6.45, 7) is 1.61. The number of benzene rings is 1. The van der Waals surface area contributed by atoms with E-state index in [1.54, 1.807) is 6.92 Å². The summed E-state index contributed by atoms with van der Waals surface area (Å²) in [4.78, 5) is 15.3. The molecule has 2 rings (SSSR count). The Morgan fingerprint density at radius 2 is 2.11 bits per heavy atom. The first-order valence-corrected chi connectivity index (χ1v) is 5.27. The van der Waals surface area contributed by atoms with E-state index in [2.05, 4.69) is 10.3 Å². The summed E-state index contributed by atoms with van der Waals surface area (Å²) >= 11 is 0. The zero-order valence-corrected chi connectivity index (χ0v) is 9.78. The maximum absolute atomic E-state index is 12.5. The highest BCUT2D eigenvalue weighted by atomic mass is 19.4. The predicted molar refractivity (Wildman–Crippen MR) is 60.6 cm³/mol. The van der Waals surface area contributed by atoms with E-state index in [1.165, 1.54) is 18.3 Å². The zero-order chi connectivity index (χ0) is 14.0. The quantitative estimate of drug-likeness (QED) is 0.911. The SMILES string of the molecule is Cc1cnc(C(=O)Nc2cccc(C(F)(F)F)c2)o1. The molecule has 0 saturated heterocycles. The van der Waals surface area contributed by atoms with Crippen LogP contribution >= 0.6 is 0 Å². The van der Waals surface area contributed by atoms with Gasteiger partial charge in [0, 0.05) is 5.69 Å². The Morgan fingerprint density at radius 3 is 2.68 bits per heavy atom. The third kappa shape index (κ3) is 3.12. The Bertz CT molecular complexity index is 605. The van der Waals surface area contributed by atoms with Crippen LogP contribution in [-0.2, 0) is 6.18 Å². The lowest BCUT2D eigenvalue weighted by atomic mass is 10.2. The number of alkyl halides is 3. The van der Waals surface area contributed by atoms with E-state index < -0.39 is 17.6 Å². The third-order valence-electron chi connectivity index (χ3n) is 2.26. The Balaban J connectivity index is 2.18. The van der Waals surface area contributed by atoms with Crippen molar-refractivity contribution in [3.05, 3.63) is 47.7 Å². The highest BCUT2D eigenvalue weighted by Gasteiger charge is 2.30. The Hall–Kier alpha value is -2.31. The highest BCUT2D eigenvalue weighted by molar-refractivity contribution is 6.00. The molecule has 0 aliphatic rings. The smallest absolute Gasteiger partial charge is 0.416 e. The van der Waals surface area contributed by atoms with Crippen molar-refractivity contribution in [1.82, 2.24) is 4.98 Å². The molecule has 4 nitrogen and oxygen atoms in total. The second-order valence-electron chi connectivity index (χ2n) is 3.81. The number of carbonyl (C=O) groups is 1. The lowest BCUT2D eigenvalue weighted by Gasteiger charge is -2.08. The molecule has 0 spiro atoms. The first-order valence-electron chi connectivity index (χ1n) is 5.27. The molecular weight excluding hydrogens is 261 g/mol. The topological polar surface area (TPSA) is 55.1 Å². The van der Waals surface area contributed by atoms with Crippen molar-refractivity contribution in [2.24, 2.45) is 0 Å². The van der Waals surface area contributed by atoms with Crippen LogP contribution in [0.5, 0.6) is 0 Å². The second kappa shape index (κ2) is 4.75. The standard InChI is InChI=1S/C12H9F3N2O2/c1-7-6-16-11(19-7)10(18)17-9-4-2-3-8(5-9)12(13,14)15/h2-6H,1H3,(H,17,18). The first kappa shape index (κ1) is 13.1. The van der Waals surface area contributed by atoms with Crippen LogP contribution < -0.4 is 5.32 Å². The number of halogens is 3. The van der Waals surface area contributed by atoms with Gasteiger partial charge in [-0.15, -0.1) is 0 Å². The van der Waals surface area contributed by atoms with Gasteiger partial charge in [-0.3, -0.25) is 4.79 Å². The predicted octanol–water partition coefficient (Wildman–Crippen LogP) is 3.25. The van der Waals surface area contributed by atoms with Gasteiger partial charge in [0.25, 0.3) is 5.89 Å². The summed E-state index contributed by atoms with van der Waals surface area (Å²) in [5, 5.41) is 2.29. The van der Waals surface area contributed by atoms with Crippen LogP contribution in [0.25, 0.3) is 0 Å². The van der Waals surface area contributed by atoms with Crippen molar-refractivity contribution in [3.63, 3.8) is 0 Å². The number of amides is 1. The molecule has 0 radical (unpaired) electrons. The number of aryl methyl sites for hydroxylation is 1. The number of hydrogen-bond acceptors (Lipinski definition) is 3. The summed E-state index contributed by atoms with van der Waals surface area (Å²) in [7, 11) is 0. The van der Waals surface area contributed by atoms with E-state index in [-0.39, 0.29) is 11.6 Å². The molecule has 1 heterocycles. The van der Waals surface area contributed by atoms with Crippen LogP contribution in [0.4, 0.5) is 18.9 Å². The van der Waals surface area contributed by atoms with Gasteiger partial charge in [-0.05, 0) is 25.1 Å². The van der Waals surface area contributed by atoms with Gasteiger partial charge in [0.2, 0.25) is 0 Å². The molecule has 0 atom stereocenters. The molecule has 0 fully saturated rings. The first-order chi connectivity index (χ1) is 8.86. The number of oxazole rings is 1. The fourth-order valence-electron chi connectivity index (χ4n) is 1.42. The number of carbonyl (C=O) groups excluding carboxylic acids is 1. The molecule has 0 bridgehead atoms. The number of nitrogens with one attached hydrogen (secondary N) is 1. The monoisotopic (exact) mass is 270 g/mol. The van der Waals surface area contributed by atoms with Crippen LogP contribution in [0.1, 0.15) is 22.0 Å². The third-order valence-corrected chi connectivity index (χ3v) is 2.26. The molecule has 100 valence electrons. The van der Waals surface area contributed by atoms with E-state index in [1.807, 2.05) is 0 Å². The molecule has 1 aromatic carbocycles. The second-order valence-corrected chi connectivity index (χ2v) is 3.81. The molecule has 0 aliphatic heterocycles. The van der Waals surface area contributed by atoms with Crippen molar-refractivity contribution in [2.75, 3.05) is 5.32 Å². The van der Waals surface area contributed by atoms with E-state index in [4.69, 9.17) is 4.42 Å². The largest absolute Gasteiger partial charge is 0.438 e. The average molecular weight is 270 g/mol. The number of rotatable bonds is 2. The van der Waals surface area contributed by atoms with Crippen LogP contribution in [0.15, 0.2) is 34.9 Å². The minimum atomic E-state index is -4.46. The van der Waals surface area contributed by atoms with Crippen molar-refractivity contribution in [3.8, 4) is 0 Å². The molecule has 2 aromatic rings. The minimum absolute atomic E-state index is 0.0238. The molecule has 1 aromatic heterocycles. The summed E-state index contributed by atoms with van der Waals surface area (Å²) in [6.07, 6.45) is -3.11. The van der Waals surface area contributed by atoms with Crippen LogP contribution in [-0.4, -0.2) is 10.9 Å². The van der Waals surface area contributed by atoms with Crippen molar-refractivity contribution >= 4 is 11.6 Å². The molecule has 0 unspecified atom stereocenters. The molecule has 1 amide bonds. The Labute approximate surface area is 106 Å². The lowest BCUT2D eigenvalue weighted by Crippen LogP contribution is -2.13. The van der Waals surface area contributed by atoms with Crippen LogP contribution in [0, 0.1) is 6.92 Å².